The fraction of sp³-hybridized carbons (Fsp3) is 0.0556. The van der Waals surface area contributed by atoms with Crippen LogP contribution in [-0.4, -0.2) is 29.0 Å². The number of methoxy groups -OCH3 is 1. The number of ether oxygens (including phenoxy) is 1. The van der Waals surface area contributed by atoms with Gasteiger partial charge in [0.05, 0.1) is 12.7 Å². The lowest BCUT2D eigenvalue weighted by atomic mass is 10.1. The van der Waals surface area contributed by atoms with Crippen molar-refractivity contribution < 1.29 is 19.4 Å². The van der Waals surface area contributed by atoms with Crippen molar-refractivity contribution in [1.29, 1.82) is 0 Å². The SMILES string of the molecule is COc1ccc(Nc2nc(N)c(C(=O)c3ccc(C(=O)O)cc3)s2)cc1. The molecular formula is C18H15N3O4S. The van der Waals surface area contributed by atoms with Crippen molar-refractivity contribution in [2.75, 3.05) is 18.2 Å². The standard InChI is InChI=1S/C18H15N3O4S/c1-25-13-8-6-12(7-9-13)20-18-21-16(19)15(26-18)14(22)10-2-4-11(5-3-10)17(23)24/h2-9H,19H2,1H3,(H,20,21)(H,23,24). The van der Waals surface area contributed by atoms with E-state index in [-0.39, 0.29) is 17.2 Å². The maximum absolute atomic E-state index is 12.6. The van der Waals surface area contributed by atoms with Crippen LogP contribution in [0.4, 0.5) is 16.6 Å². The second-order valence-electron chi connectivity index (χ2n) is 5.30. The normalized spacial score (nSPS) is 10.3. The Balaban J connectivity index is 1.80. The number of nitrogens with two attached hydrogens (primary N) is 1. The minimum Gasteiger partial charge on any atom is -0.497 e. The molecule has 8 heteroatoms. The Morgan fingerprint density at radius 2 is 1.69 bits per heavy atom. The predicted molar refractivity (Wildman–Crippen MR) is 99.6 cm³/mol. The number of aromatic nitrogens is 1. The number of benzene rings is 2. The predicted octanol–water partition coefficient (Wildman–Crippen LogP) is 3.41. The minimum absolute atomic E-state index is 0.112. The number of carbonyl (C=O) groups excluding carboxylic acids is 1. The lowest BCUT2D eigenvalue weighted by Gasteiger charge is -2.03. The van der Waals surface area contributed by atoms with Gasteiger partial charge in [-0.25, -0.2) is 9.78 Å². The lowest BCUT2D eigenvalue weighted by molar-refractivity contribution is 0.0696. The Hall–Kier alpha value is -3.39. The summed E-state index contributed by atoms with van der Waals surface area (Å²) in [5, 5.41) is 12.5. The summed E-state index contributed by atoms with van der Waals surface area (Å²) in [5.41, 5.74) is 7.12. The first-order chi connectivity index (χ1) is 12.5. The molecule has 0 unspecified atom stereocenters. The molecule has 0 saturated heterocycles. The summed E-state index contributed by atoms with van der Waals surface area (Å²) in [7, 11) is 1.59. The molecule has 3 aromatic rings. The number of rotatable bonds is 6. The number of nitrogens with one attached hydrogen (secondary N) is 1. The monoisotopic (exact) mass is 369 g/mol. The van der Waals surface area contributed by atoms with Crippen LogP contribution in [0.1, 0.15) is 25.6 Å². The number of ketones is 1. The summed E-state index contributed by atoms with van der Waals surface area (Å²) in [5.74, 6) is -0.500. The van der Waals surface area contributed by atoms with Crippen LogP contribution in [0.25, 0.3) is 0 Å². The molecule has 26 heavy (non-hydrogen) atoms. The first-order valence-electron chi connectivity index (χ1n) is 7.53. The van der Waals surface area contributed by atoms with Crippen molar-refractivity contribution in [3.05, 3.63) is 64.5 Å². The first-order valence-corrected chi connectivity index (χ1v) is 8.35. The van der Waals surface area contributed by atoms with Gasteiger partial charge in [-0.2, -0.15) is 0 Å². The highest BCUT2D eigenvalue weighted by Gasteiger charge is 2.18. The Morgan fingerprint density at radius 3 is 2.27 bits per heavy atom. The highest BCUT2D eigenvalue weighted by Crippen LogP contribution is 2.30. The van der Waals surface area contributed by atoms with Crippen molar-refractivity contribution in [3.63, 3.8) is 0 Å². The zero-order valence-corrected chi connectivity index (χ0v) is 14.5. The Labute approximate surface area is 153 Å². The van der Waals surface area contributed by atoms with Gasteiger partial charge in [0.1, 0.15) is 16.4 Å². The molecule has 2 aromatic carbocycles. The van der Waals surface area contributed by atoms with Gasteiger partial charge in [-0.3, -0.25) is 4.79 Å². The third-order valence-electron chi connectivity index (χ3n) is 3.59. The second kappa shape index (κ2) is 7.24. The third-order valence-corrected chi connectivity index (χ3v) is 4.58. The molecule has 4 N–H and O–H groups in total. The van der Waals surface area contributed by atoms with Gasteiger partial charge in [0.2, 0.25) is 5.78 Å². The van der Waals surface area contributed by atoms with Crippen molar-refractivity contribution in [1.82, 2.24) is 4.98 Å². The number of aromatic carboxylic acids is 1. The minimum atomic E-state index is -1.05. The van der Waals surface area contributed by atoms with Gasteiger partial charge in [-0.05, 0) is 36.4 Å². The first kappa shape index (κ1) is 17.4. The van der Waals surface area contributed by atoms with Crippen LogP contribution in [0.5, 0.6) is 5.75 Å². The molecule has 0 atom stereocenters. The maximum atomic E-state index is 12.6. The Bertz CT molecular complexity index is 950. The zero-order valence-electron chi connectivity index (χ0n) is 13.7. The van der Waals surface area contributed by atoms with Gasteiger partial charge < -0.3 is 20.9 Å². The average molecular weight is 369 g/mol. The molecule has 0 aliphatic carbocycles. The molecule has 0 fully saturated rings. The molecule has 7 nitrogen and oxygen atoms in total. The smallest absolute Gasteiger partial charge is 0.335 e. The fourth-order valence-electron chi connectivity index (χ4n) is 2.24. The van der Waals surface area contributed by atoms with Crippen LogP contribution in [0.15, 0.2) is 48.5 Å². The van der Waals surface area contributed by atoms with Crippen molar-refractivity contribution in [2.24, 2.45) is 0 Å². The summed E-state index contributed by atoms with van der Waals surface area (Å²) in [4.78, 5) is 28.0. The number of carboxylic acids is 1. The zero-order chi connectivity index (χ0) is 18.7. The van der Waals surface area contributed by atoms with E-state index in [4.69, 9.17) is 15.6 Å². The quantitative estimate of drug-likeness (QED) is 0.570. The highest BCUT2D eigenvalue weighted by molar-refractivity contribution is 7.18. The van der Waals surface area contributed by atoms with Gasteiger partial charge in [0, 0.05) is 11.3 Å². The molecule has 0 spiro atoms. The molecule has 0 aliphatic heterocycles. The molecule has 3 rings (SSSR count). The van der Waals surface area contributed by atoms with E-state index < -0.39 is 5.97 Å². The molecule has 132 valence electrons. The number of nitrogen functional groups attached to an aromatic ring is 1. The van der Waals surface area contributed by atoms with E-state index in [1.54, 1.807) is 19.2 Å². The largest absolute Gasteiger partial charge is 0.497 e. The number of carboxylic acid groups (broad SMARTS) is 1. The molecule has 1 aromatic heterocycles. The van der Waals surface area contributed by atoms with Crippen LogP contribution in [0, 0.1) is 0 Å². The maximum Gasteiger partial charge on any atom is 0.335 e. The lowest BCUT2D eigenvalue weighted by Crippen LogP contribution is -2.03. The highest BCUT2D eigenvalue weighted by atomic mass is 32.1. The summed E-state index contributed by atoms with van der Waals surface area (Å²) in [6.07, 6.45) is 0. The van der Waals surface area contributed by atoms with E-state index in [0.29, 0.717) is 15.6 Å². The number of hydrogen-bond acceptors (Lipinski definition) is 7. The van der Waals surface area contributed by atoms with Gasteiger partial charge in [-0.1, -0.05) is 23.5 Å². The molecule has 0 bridgehead atoms. The number of carbonyl (C=O) groups is 2. The van der Waals surface area contributed by atoms with E-state index in [0.717, 1.165) is 22.8 Å². The molecule has 0 saturated carbocycles. The Kier molecular flexibility index (Phi) is 4.85. The average Bonchev–Trinajstić information content (AvgIpc) is 3.02. The van der Waals surface area contributed by atoms with Gasteiger partial charge in [-0.15, -0.1) is 0 Å². The molecule has 0 amide bonds. The van der Waals surface area contributed by atoms with Crippen LogP contribution in [-0.2, 0) is 0 Å². The van der Waals surface area contributed by atoms with Gasteiger partial charge >= 0.3 is 5.97 Å². The van der Waals surface area contributed by atoms with Crippen LogP contribution < -0.4 is 15.8 Å². The number of hydrogen-bond donors (Lipinski definition) is 3. The number of nitrogens with zero attached hydrogens (tertiary/aromatic N) is 1. The Morgan fingerprint density at radius 1 is 1.08 bits per heavy atom. The fourth-order valence-corrected chi connectivity index (χ4v) is 3.11. The number of thiazole rings is 1. The van der Waals surface area contributed by atoms with Crippen LogP contribution >= 0.6 is 11.3 Å². The molecule has 1 heterocycles. The van der Waals surface area contributed by atoms with E-state index in [9.17, 15) is 9.59 Å². The summed E-state index contributed by atoms with van der Waals surface area (Å²) in [6, 6.07) is 12.9. The van der Waals surface area contributed by atoms with Crippen LogP contribution in [0.2, 0.25) is 0 Å². The topological polar surface area (TPSA) is 115 Å². The molecule has 0 radical (unpaired) electrons. The second-order valence-corrected chi connectivity index (χ2v) is 6.30. The summed E-state index contributed by atoms with van der Waals surface area (Å²) < 4.78 is 5.10. The van der Waals surface area contributed by atoms with Crippen molar-refractivity contribution in [3.8, 4) is 5.75 Å². The van der Waals surface area contributed by atoms with E-state index in [2.05, 4.69) is 10.3 Å². The molecule has 0 aliphatic rings. The van der Waals surface area contributed by atoms with Gasteiger partial charge in [0.15, 0.2) is 5.13 Å². The molecular weight excluding hydrogens is 354 g/mol. The van der Waals surface area contributed by atoms with Crippen LogP contribution in [0.3, 0.4) is 0 Å². The van der Waals surface area contributed by atoms with E-state index in [1.807, 2.05) is 12.1 Å². The number of anilines is 3. The van der Waals surface area contributed by atoms with E-state index >= 15 is 0 Å². The van der Waals surface area contributed by atoms with Crippen molar-refractivity contribution in [2.45, 2.75) is 0 Å². The third kappa shape index (κ3) is 3.65. The summed E-state index contributed by atoms with van der Waals surface area (Å²) >= 11 is 1.13. The van der Waals surface area contributed by atoms with E-state index in [1.165, 1.54) is 24.3 Å². The summed E-state index contributed by atoms with van der Waals surface area (Å²) in [6.45, 7) is 0. The van der Waals surface area contributed by atoms with Gasteiger partial charge in [0.25, 0.3) is 0 Å². The van der Waals surface area contributed by atoms with Crippen molar-refractivity contribution >= 4 is 39.7 Å².